The Morgan fingerprint density at radius 1 is 1.28 bits per heavy atom. The van der Waals surface area contributed by atoms with Crippen molar-refractivity contribution in [3.05, 3.63) is 29.8 Å². The zero-order chi connectivity index (χ0) is 13.0. The minimum atomic E-state index is 0.132. The summed E-state index contributed by atoms with van der Waals surface area (Å²) >= 11 is 0. The standard InChI is InChI=1S/C16H24O2/c1-16(2,3)14-6-4-5-7-15(14)18-11-9-13-8-10-17-12-13/h4-7,13H,8-12H2,1-3H3. The van der Waals surface area contributed by atoms with E-state index in [-0.39, 0.29) is 5.41 Å². The highest BCUT2D eigenvalue weighted by Crippen LogP contribution is 2.31. The Hall–Kier alpha value is -1.02. The van der Waals surface area contributed by atoms with Crippen molar-refractivity contribution in [1.29, 1.82) is 0 Å². The topological polar surface area (TPSA) is 18.5 Å². The van der Waals surface area contributed by atoms with Crippen molar-refractivity contribution in [2.45, 2.75) is 39.0 Å². The summed E-state index contributed by atoms with van der Waals surface area (Å²) in [7, 11) is 0. The second-order valence-electron chi connectivity index (χ2n) is 6.11. The summed E-state index contributed by atoms with van der Waals surface area (Å²) in [5.74, 6) is 1.72. The van der Waals surface area contributed by atoms with E-state index in [4.69, 9.17) is 9.47 Å². The van der Waals surface area contributed by atoms with E-state index in [0.29, 0.717) is 5.92 Å². The quantitative estimate of drug-likeness (QED) is 0.807. The van der Waals surface area contributed by atoms with Crippen LogP contribution in [0.4, 0.5) is 0 Å². The van der Waals surface area contributed by atoms with E-state index in [2.05, 4.69) is 39.0 Å². The number of benzene rings is 1. The zero-order valence-corrected chi connectivity index (χ0v) is 11.7. The van der Waals surface area contributed by atoms with Gasteiger partial charge in [-0.2, -0.15) is 0 Å². The van der Waals surface area contributed by atoms with Gasteiger partial charge in [-0.25, -0.2) is 0 Å². The van der Waals surface area contributed by atoms with Gasteiger partial charge in [-0.05, 0) is 35.8 Å². The van der Waals surface area contributed by atoms with E-state index in [1.165, 1.54) is 12.0 Å². The maximum Gasteiger partial charge on any atom is 0.123 e. The first-order valence-electron chi connectivity index (χ1n) is 6.87. The Bertz CT molecular complexity index is 373. The van der Waals surface area contributed by atoms with E-state index >= 15 is 0 Å². The van der Waals surface area contributed by atoms with Crippen molar-refractivity contribution in [2.24, 2.45) is 5.92 Å². The molecule has 1 saturated heterocycles. The van der Waals surface area contributed by atoms with Crippen molar-refractivity contribution in [2.75, 3.05) is 19.8 Å². The van der Waals surface area contributed by atoms with Crippen LogP contribution in [0.25, 0.3) is 0 Å². The molecule has 0 bridgehead atoms. The van der Waals surface area contributed by atoms with Gasteiger partial charge in [0.05, 0.1) is 6.61 Å². The van der Waals surface area contributed by atoms with Gasteiger partial charge in [-0.15, -0.1) is 0 Å². The molecule has 0 aromatic heterocycles. The van der Waals surface area contributed by atoms with Gasteiger partial charge in [-0.1, -0.05) is 39.0 Å². The van der Waals surface area contributed by atoms with Crippen LogP contribution in [-0.4, -0.2) is 19.8 Å². The molecule has 0 saturated carbocycles. The molecule has 1 fully saturated rings. The molecule has 1 atom stereocenters. The molecule has 100 valence electrons. The molecular weight excluding hydrogens is 224 g/mol. The normalized spacial score (nSPS) is 20.1. The van der Waals surface area contributed by atoms with Crippen LogP contribution < -0.4 is 4.74 Å². The van der Waals surface area contributed by atoms with E-state index in [0.717, 1.165) is 32.0 Å². The second kappa shape index (κ2) is 5.75. The fourth-order valence-electron chi connectivity index (χ4n) is 2.36. The monoisotopic (exact) mass is 248 g/mol. The second-order valence-corrected chi connectivity index (χ2v) is 6.11. The van der Waals surface area contributed by atoms with Crippen LogP contribution in [0, 0.1) is 5.92 Å². The van der Waals surface area contributed by atoms with Crippen molar-refractivity contribution in [1.82, 2.24) is 0 Å². The van der Waals surface area contributed by atoms with Crippen LogP contribution in [0.1, 0.15) is 39.2 Å². The van der Waals surface area contributed by atoms with Crippen LogP contribution in [0.2, 0.25) is 0 Å². The third kappa shape index (κ3) is 3.49. The van der Waals surface area contributed by atoms with E-state index < -0.39 is 0 Å². The van der Waals surface area contributed by atoms with Crippen molar-refractivity contribution >= 4 is 0 Å². The zero-order valence-electron chi connectivity index (χ0n) is 11.7. The lowest BCUT2D eigenvalue weighted by Crippen LogP contribution is -2.14. The maximum absolute atomic E-state index is 5.97. The van der Waals surface area contributed by atoms with Gasteiger partial charge < -0.3 is 9.47 Å². The summed E-state index contributed by atoms with van der Waals surface area (Å²) < 4.78 is 11.4. The van der Waals surface area contributed by atoms with E-state index in [9.17, 15) is 0 Å². The third-order valence-corrected chi connectivity index (χ3v) is 3.50. The van der Waals surface area contributed by atoms with Gasteiger partial charge in [0.25, 0.3) is 0 Å². The van der Waals surface area contributed by atoms with Gasteiger partial charge >= 0.3 is 0 Å². The van der Waals surface area contributed by atoms with Gasteiger partial charge in [0.15, 0.2) is 0 Å². The first kappa shape index (κ1) is 13.4. The third-order valence-electron chi connectivity index (χ3n) is 3.50. The molecule has 0 N–H and O–H groups in total. The molecule has 1 aliphatic rings. The number of ether oxygens (including phenoxy) is 2. The molecule has 1 aromatic carbocycles. The maximum atomic E-state index is 5.97. The van der Waals surface area contributed by atoms with E-state index in [1.54, 1.807) is 0 Å². The molecule has 2 rings (SSSR count). The van der Waals surface area contributed by atoms with Gasteiger partial charge in [-0.3, -0.25) is 0 Å². The predicted octanol–water partition coefficient (Wildman–Crippen LogP) is 3.79. The van der Waals surface area contributed by atoms with Crippen LogP contribution >= 0.6 is 0 Å². The molecule has 1 unspecified atom stereocenters. The summed E-state index contributed by atoms with van der Waals surface area (Å²) in [6.45, 7) is 9.29. The van der Waals surface area contributed by atoms with Crippen molar-refractivity contribution in [3.63, 3.8) is 0 Å². The van der Waals surface area contributed by atoms with Crippen molar-refractivity contribution in [3.8, 4) is 5.75 Å². The molecule has 18 heavy (non-hydrogen) atoms. The number of hydrogen-bond donors (Lipinski definition) is 0. The largest absolute Gasteiger partial charge is 0.493 e. The summed E-state index contributed by atoms with van der Waals surface area (Å²) in [5, 5.41) is 0. The highest BCUT2D eigenvalue weighted by Gasteiger charge is 2.19. The van der Waals surface area contributed by atoms with Gasteiger partial charge in [0, 0.05) is 13.2 Å². The highest BCUT2D eigenvalue weighted by molar-refractivity contribution is 5.38. The Kier molecular flexibility index (Phi) is 4.28. The molecular formula is C16H24O2. The number of para-hydroxylation sites is 1. The smallest absolute Gasteiger partial charge is 0.123 e. The summed E-state index contributed by atoms with van der Waals surface area (Å²) in [5.41, 5.74) is 1.42. The molecule has 1 heterocycles. The van der Waals surface area contributed by atoms with E-state index in [1.807, 2.05) is 6.07 Å². The van der Waals surface area contributed by atoms with Crippen molar-refractivity contribution < 1.29 is 9.47 Å². The predicted molar refractivity (Wildman–Crippen MR) is 74.2 cm³/mol. The lowest BCUT2D eigenvalue weighted by atomic mass is 9.86. The average molecular weight is 248 g/mol. The lowest BCUT2D eigenvalue weighted by Gasteiger charge is -2.23. The molecule has 1 aromatic rings. The lowest BCUT2D eigenvalue weighted by molar-refractivity contribution is 0.177. The first-order chi connectivity index (χ1) is 8.57. The minimum absolute atomic E-state index is 0.132. The summed E-state index contributed by atoms with van der Waals surface area (Å²) in [6.07, 6.45) is 2.28. The minimum Gasteiger partial charge on any atom is -0.493 e. The fraction of sp³-hybridized carbons (Fsp3) is 0.625. The molecule has 0 radical (unpaired) electrons. The fourth-order valence-corrected chi connectivity index (χ4v) is 2.36. The summed E-state index contributed by atoms with van der Waals surface area (Å²) in [6, 6.07) is 8.36. The molecule has 0 amide bonds. The molecule has 0 aliphatic carbocycles. The molecule has 1 aliphatic heterocycles. The average Bonchev–Trinajstić information content (AvgIpc) is 2.81. The number of rotatable bonds is 4. The first-order valence-corrected chi connectivity index (χ1v) is 6.87. The summed E-state index contributed by atoms with van der Waals surface area (Å²) in [4.78, 5) is 0. The van der Waals surface area contributed by atoms with Gasteiger partial charge in [0.2, 0.25) is 0 Å². The highest BCUT2D eigenvalue weighted by atomic mass is 16.5. The Morgan fingerprint density at radius 3 is 2.72 bits per heavy atom. The van der Waals surface area contributed by atoms with Crippen LogP contribution in [0.15, 0.2) is 24.3 Å². The Balaban J connectivity index is 1.92. The van der Waals surface area contributed by atoms with Crippen LogP contribution in [0.3, 0.4) is 0 Å². The Labute approximate surface area is 110 Å². The van der Waals surface area contributed by atoms with Crippen LogP contribution in [0.5, 0.6) is 5.75 Å². The Morgan fingerprint density at radius 2 is 2.06 bits per heavy atom. The molecule has 2 nitrogen and oxygen atoms in total. The SMILES string of the molecule is CC(C)(C)c1ccccc1OCCC1CCOC1. The van der Waals surface area contributed by atoms with Crippen LogP contribution in [-0.2, 0) is 10.2 Å². The van der Waals surface area contributed by atoms with Gasteiger partial charge in [0.1, 0.15) is 5.75 Å². The number of hydrogen-bond acceptors (Lipinski definition) is 2. The molecule has 2 heteroatoms. The molecule has 0 spiro atoms.